The van der Waals surface area contributed by atoms with Gasteiger partial charge in [-0.2, -0.15) is 15.5 Å². The third kappa shape index (κ3) is 8.70. The van der Waals surface area contributed by atoms with Gasteiger partial charge in [-0.15, -0.1) is 0 Å². The summed E-state index contributed by atoms with van der Waals surface area (Å²) in [7, 11) is 0. The van der Waals surface area contributed by atoms with Crippen LogP contribution >= 0.6 is 11.6 Å². The third-order valence-corrected chi connectivity index (χ3v) is 15.6. The molecule has 5 fully saturated rings. The highest BCUT2D eigenvalue weighted by Gasteiger charge is 2.41. The smallest absolute Gasteiger partial charge is 0.249 e. The van der Waals surface area contributed by atoms with Gasteiger partial charge in [0, 0.05) is 65.8 Å². The Morgan fingerprint density at radius 3 is 2.37 bits per heavy atom. The number of amides is 3. The van der Waals surface area contributed by atoms with Crippen molar-refractivity contribution in [3.8, 4) is 28.6 Å². The van der Waals surface area contributed by atoms with Gasteiger partial charge in [-0.3, -0.25) is 24.4 Å². The standard InChI is InChI=1S/C49H57ClN12O3/c1-2-49(48(65)56-35-4-3-5-35)18-22-60(23-19-49)43-14-6-32(26-52-43)45-46-33(25-51)27-54-62(46)30-42(57-45)34-28-53-61(29-34)38-10-8-37(9-11-38)59-20-16-31(17-21-59)39-12-7-36(24-40(39)50)55-41-13-15-44(63)58-47(41)64/h6-7,12,14,24,26-31,35,37-38,41,55H,2-5,8-11,13,15-23H2,1H3,(H,56,65)(H,58,63,64)/t37-,38-,41-/m1/s1. The first kappa shape index (κ1) is 43.1. The predicted molar refractivity (Wildman–Crippen MR) is 248 cm³/mol. The predicted octanol–water partition coefficient (Wildman–Crippen LogP) is 7.43. The normalized spacial score (nSPS) is 23.2. The minimum atomic E-state index is -0.438. The van der Waals surface area contributed by atoms with Gasteiger partial charge in [-0.1, -0.05) is 24.6 Å². The van der Waals surface area contributed by atoms with Crippen LogP contribution < -0.4 is 20.9 Å². The number of piperidine rings is 3. The Morgan fingerprint density at radius 1 is 0.908 bits per heavy atom. The summed E-state index contributed by atoms with van der Waals surface area (Å²) in [6.45, 7) is 5.74. The SMILES string of the molecule is CCC1(C(=O)NC2CCC2)CCN(c2ccc(-c3nc(-c4cnn([C@H]5CC[C@H](N6CCC(c7ccc(N[C@@H]8CCC(=O)NC8=O)cc7Cl)CC6)CC5)c4)cn4ncc(C#N)c34)cn2)CC1. The van der Waals surface area contributed by atoms with E-state index >= 15 is 0 Å². The van der Waals surface area contributed by atoms with E-state index < -0.39 is 6.04 Å². The number of aromatic nitrogens is 6. The van der Waals surface area contributed by atoms with E-state index in [2.05, 4.69) is 60.8 Å². The number of hydrogen-bond acceptors (Lipinski definition) is 11. The van der Waals surface area contributed by atoms with Crippen LogP contribution in [0, 0.1) is 16.7 Å². The summed E-state index contributed by atoms with van der Waals surface area (Å²) in [5.41, 5.74) is 5.78. The second-order valence-corrected chi connectivity index (χ2v) is 19.3. The number of fused-ring (bicyclic) bond motifs is 1. The number of anilines is 2. The minimum Gasteiger partial charge on any atom is -0.374 e. The van der Waals surface area contributed by atoms with Gasteiger partial charge in [0.05, 0.1) is 41.4 Å². The fourth-order valence-electron chi connectivity index (χ4n) is 10.9. The lowest BCUT2D eigenvalue weighted by atomic mass is 9.74. The number of hydrogen-bond donors (Lipinski definition) is 3. The van der Waals surface area contributed by atoms with Crippen LogP contribution in [0.2, 0.25) is 5.02 Å². The molecule has 3 amide bonds. The van der Waals surface area contributed by atoms with Gasteiger partial charge in [-0.05, 0) is 132 Å². The summed E-state index contributed by atoms with van der Waals surface area (Å²) in [4.78, 5) is 52.1. The Labute approximate surface area is 384 Å². The number of nitrogens with one attached hydrogen (secondary N) is 3. The van der Waals surface area contributed by atoms with Gasteiger partial charge in [-0.25, -0.2) is 14.5 Å². The quantitative estimate of drug-likeness (QED) is 0.112. The number of likely N-dealkylation sites (tertiary alicyclic amines) is 1. The highest BCUT2D eigenvalue weighted by molar-refractivity contribution is 6.31. The van der Waals surface area contributed by atoms with Gasteiger partial charge in [0.15, 0.2) is 0 Å². The Morgan fingerprint density at radius 2 is 1.69 bits per heavy atom. The maximum Gasteiger partial charge on any atom is 0.249 e. The van der Waals surface area contributed by atoms with Gasteiger partial charge in [0.25, 0.3) is 0 Å². The summed E-state index contributed by atoms with van der Waals surface area (Å²) in [5.74, 6) is 0.958. The molecule has 3 saturated heterocycles. The molecule has 3 N–H and O–H groups in total. The summed E-state index contributed by atoms with van der Waals surface area (Å²) < 4.78 is 3.84. The summed E-state index contributed by atoms with van der Waals surface area (Å²) >= 11 is 6.82. The van der Waals surface area contributed by atoms with Crippen molar-refractivity contribution in [1.82, 2.24) is 44.9 Å². The lowest BCUT2D eigenvalue weighted by Gasteiger charge is -2.42. The van der Waals surface area contributed by atoms with E-state index in [1.54, 1.807) is 10.7 Å². The Balaban J connectivity index is 0.757. The molecular formula is C49H57ClN12O3. The highest BCUT2D eigenvalue weighted by Crippen LogP contribution is 2.40. The van der Waals surface area contributed by atoms with E-state index in [-0.39, 0.29) is 23.1 Å². The number of halogens is 1. The monoisotopic (exact) mass is 896 g/mol. The number of nitrogens with zero attached hydrogens (tertiary/aromatic N) is 9. The summed E-state index contributed by atoms with van der Waals surface area (Å²) in [6.07, 6.45) is 22.3. The first-order valence-corrected chi connectivity index (χ1v) is 24.0. The fraction of sp³-hybridized carbons (Fsp3) is 0.510. The molecule has 2 aliphatic carbocycles. The number of carbonyl (C=O) groups is 3. The fourth-order valence-corrected chi connectivity index (χ4v) is 11.2. The van der Waals surface area contributed by atoms with Crippen molar-refractivity contribution >= 4 is 46.3 Å². The molecule has 10 rings (SSSR count). The maximum absolute atomic E-state index is 13.3. The largest absolute Gasteiger partial charge is 0.374 e. The molecule has 16 heteroatoms. The van der Waals surface area contributed by atoms with E-state index in [9.17, 15) is 19.6 Å². The highest BCUT2D eigenvalue weighted by atomic mass is 35.5. The zero-order valence-corrected chi connectivity index (χ0v) is 37.8. The second-order valence-electron chi connectivity index (χ2n) is 18.9. The van der Waals surface area contributed by atoms with Gasteiger partial charge < -0.3 is 20.4 Å². The van der Waals surface area contributed by atoms with Crippen molar-refractivity contribution in [3.63, 3.8) is 0 Å². The number of rotatable bonds is 11. The second kappa shape index (κ2) is 18.2. The molecule has 1 aromatic carbocycles. The number of imide groups is 1. The zero-order chi connectivity index (χ0) is 44.7. The zero-order valence-electron chi connectivity index (χ0n) is 37.0. The van der Waals surface area contributed by atoms with Gasteiger partial charge >= 0.3 is 0 Å². The van der Waals surface area contributed by atoms with Crippen LogP contribution in [0.1, 0.15) is 120 Å². The van der Waals surface area contributed by atoms with E-state index in [1.807, 2.05) is 42.9 Å². The van der Waals surface area contributed by atoms with Crippen molar-refractivity contribution in [1.29, 1.82) is 5.26 Å². The number of pyridine rings is 1. The van der Waals surface area contributed by atoms with Crippen LogP contribution in [0.3, 0.4) is 0 Å². The lowest BCUT2D eigenvalue weighted by molar-refractivity contribution is -0.134. The summed E-state index contributed by atoms with van der Waals surface area (Å²) in [6, 6.07) is 13.1. The van der Waals surface area contributed by atoms with Gasteiger partial charge in [0.2, 0.25) is 17.7 Å². The van der Waals surface area contributed by atoms with Crippen LogP contribution in [-0.2, 0) is 14.4 Å². The van der Waals surface area contributed by atoms with Crippen molar-refractivity contribution in [2.24, 2.45) is 5.41 Å². The van der Waals surface area contributed by atoms with Crippen LogP contribution in [-0.4, -0.2) is 96.3 Å². The third-order valence-electron chi connectivity index (χ3n) is 15.3. The Bertz CT molecular complexity index is 2610. The van der Waals surface area contributed by atoms with E-state index in [1.165, 1.54) is 6.42 Å². The molecule has 5 aromatic rings. The minimum absolute atomic E-state index is 0.217. The molecule has 5 aliphatic rings. The summed E-state index contributed by atoms with van der Waals surface area (Å²) in [5, 5.41) is 29.1. The molecule has 2 saturated carbocycles. The molecule has 0 radical (unpaired) electrons. The molecule has 0 unspecified atom stereocenters. The van der Waals surface area contributed by atoms with Crippen LogP contribution in [0.5, 0.6) is 0 Å². The van der Waals surface area contributed by atoms with E-state index in [0.717, 1.165) is 131 Å². The molecule has 65 heavy (non-hydrogen) atoms. The number of nitriles is 1. The lowest BCUT2D eigenvalue weighted by Crippen LogP contribution is -2.52. The van der Waals surface area contributed by atoms with Crippen molar-refractivity contribution in [2.75, 3.05) is 36.4 Å². The molecule has 4 aromatic heterocycles. The maximum atomic E-state index is 13.3. The molecule has 0 bridgehead atoms. The van der Waals surface area contributed by atoms with E-state index in [0.29, 0.717) is 58.7 Å². The topological polar surface area (TPSA) is 178 Å². The Kier molecular flexibility index (Phi) is 12.1. The average Bonchev–Trinajstić information content (AvgIpc) is 3.99. The molecular weight excluding hydrogens is 840 g/mol. The number of benzene rings is 1. The first-order valence-electron chi connectivity index (χ1n) is 23.7. The molecule has 7 heterocycles. The van der Waals surface area contributed by atoms with Crippen LogP contribution in [0.4, 0.5) is 11.5 Å². The Hall–Kier alpha value is -5.85. The molecule has 15 nitrogen and oxygen atoms in total. The molecule has 3 aliphatic heterocycles. The molecule has 1 atom stereocenters. The van der Waals surface area contributed by atoms with Crippen molar-refractivity contribution in [2.45, 2.75) is 127 Å². The van der Waals surface area contributed by atoms with Gasteiger partial charge in [0.1, 0.15) is 29.0 Å². The molecule has 0 spiro atoms. The average molecular weight is 898 g/mol. The van der Waals surface area contributed by atoms with Crippen molar-refractivity contribution in [3.05, 3.63) is 77.5 Å². The number of carbonyl (C=O) groups excluding carboxylic acids is 3. The van der Waals surface area contributed by atoms with Crippen LogP contribution in [0.15, 0.2) is 61.3 Å². The first-order chi connectivity index (χ1) is 31.7. The van der Waals surface area contributed by atoms with Crippen molar-refractivity contribution < 1.29 is 14.4 Å². The van der Waals surface area contributed by atoms with Crippen LogP contribution in [0.25, 0.3) is 28.0 Å². The molecule has 338 valence electrons. The van der Waals surface area contributed by atoms with E-state index in [4.69, 9.17) is 26.7 Å².